The molecule has 0 saturated carbocycles. The molecule has 0 bridgehead atoms. The summed E-state index contributed by atoms with van der Waals surface area (Å²) in [5, 5.41) is 9.63. The van der Waals surface area contributed by atoms with Crippen molar-refractivity contribution in [1.82, 2.24) is 0 Å². The van der Waals surface area contributed by atoms with Crippen LogP contribution in [0.15, 0.2) is 22.7 Å². The van der Waals surface area contributed by atoms with Crippen LogP contribution in [-0.2, 0) is 9.53 Å². The van der Waals surface area contributed by atoms with Crippen LogP contribution >= 0.6 is 15.9 Å². The van der Waals surface area contributed by atoms with Crippen LogP contribution < -0.4 is 5.73 Å². The Hall–Kier alpha value is -1.21. The van der Waals surface area contributed by atoms with E-state index in [1.54, 1.807) is 0 Å². The summed E-state index contributed by atoms with van der Waals surface area (Å²) < 4.78 is 31.8. The van der Waals surface area contributed by atoms with E-state index in [0.717, 1.165) is 0 Å². The smallest absolute Gasteiger partial charge is 0.379 e. The molecule has 1 aromatic carbocycles. The van der Waals surface area contributed by atoms with Crippen LogP contribution in [0.3, 0.4) is 0 Å². The standard InChI is InChI=1S/C11H12BrF2NO3/c1-2-18-10(17)11(13,14)9(15)6-4-3-5-7(12)8(6)16/h3-5,9,16H,2,15H2,1H3/t9-/m0/s1. The number of benzene rings is 1. The van der Waals surface area contributed by atoms with Crippen LogP contribution in [0.4, 0.5) is 8.78 Å². The van der Waals surface area contributed by atoms with Crippen LogP contribution in [-0.4, -0.2) is 23.6 Å². The molecule has 3 N–H and O–H groups in total. The number of phenols is 1. The highest BCUT2D eigenvalue weighted by Gasteiger charge is 2.48. The molecule has 0 aromatic heterocycles. The molecule has 0 amide bonds. The van der Waals surface area contributed by atoms with Gasteiger partial charge in [0.05, 0.1) is 11.1 Å². The second kappa shape index (κ2) is 5.62. The van der Waals surface area contributed by atoms with Crippen molar-refractivity contribution in [2.24, 2.45) is 5.73 Å². The first-order chi connectivity index (χ1) is 8.32. The third kappa shape index (κ3) is 2.78. The van der Waals surface area contributed by atoms with Gasteiger partial charge < -0.3 is 15.6 Å². The number of ether oxygens (including phenoxy) is 1. The summed E-state index contributed by atoms with van der Waals surface area (Å²) in [6, 6.07) is 2.14. The van der Waals surface area contributed by atoms with Gasteiger partial charge in [0.15, 0.2) is 0 Å². The molecule has 18 heavy (non-hydrogen) atoms. The van der Waals surface area contributed by atoms with Gasteiger partial charge >= 0.3 is 11.9 Å². The molecular weight excluding hydrogens is 312 g/mol. The van der Waals surface area contributed by atoms with Crippen LogP contribution in [0.2, 0.25) is 0 Å². The lowest BCUT2D eigenvalue weighted by atomic mass is 10.0. The van der Waals surface area contributed by atoms with Crippen molar-refractivity contribution in [3.63, 3.8) is 0 Å². The number of para-hydroxylation sites is 1. The number of hydrogen-bond donors (Lipinski definition) is 2. The summed E-state index contributed by atoms with van der Waals surface area (Å²) in [5.41, 5.74) is 5.11. The Labute approximate surface area is 111 Å². The van der Waals surface area contributed by atoms with E-state index in [1.165, 1.54) is 25.1 Å². The fourth-order valence-corrected chi connectivity index (χ4v) is 1.71. The minimum atomic E-state index is -3.91. The Morgan fingerprint density at radius 2 is 2.22 bits per heavy atom. The van der Waals surface area contributed by atoms with Gasteiger partial charge in [-0.05, 0) is 28.9 Å². The number of carbonyl (C=O) groups excluding carboxylic acids is 1. The summed E-state index contributed by atoms with van der Waals surface area (Å²) in [6.45, 7) is 1.24. The van der Waals surface area contributed by atoms with Crippen molar-refractivity contribution in [2.75, 3.05) is 6.61 Å². The molecule has 0 unspecified atom stereocenters. The minimum absolute atomic E-state index is 0.175. The molecule has 0 saturated heterocycles. The molecule has 100 valence electrons. The van der Waals surface area contributed by atoms with Gasteiger partial charge in [0, 0.05) is 5.56 Å². The monoisotopic (exact) mass is 323 g/mol. The summed E-state index contributed by atoms with van der Waals surface area (Å²) in [5.74, 6) is -6.04. The van der Waals surface area contributed by atoms with Gasteiger partial charge in [0.1, 0.15) is 11.8 Å². The SMILES string of the molecule is CCOC(=O)C(F)(F)[C@@H](N)c1cccc(Br)c1O. The highest BCUT2D eigenvalue weighted by Crippen LogP contribution is 2.38. The molecular formula is C11H12BrF2NO3. The molecule has 4 nitrogen and oxygen atoms in total. The fraction of sp³-hybridized carbons (Fsp3) is 0.364. The maximum Gasteiger partial charge on any atom is 0.379 e. The highest BCUT2D eigenvalue weighted by atomic mass is 79.9. The van der Waals surface area contributed by atoms with E-state index in [0.29, 0.717) is 0 Å². The quantitative estimate of drug-likeness (QED) is 0.834. The number of halogens is 3. The van der Waals surface area contributed by atoms with Crippen molar-refractivity contribution in [2.45, 2.75) is 18.9 Å². The topological polar surface area (TPSA) is 72.5 Å². The minimum Gasteiger partial charge on any atom is -0.506 e. The highest BCUT2D eigenvalue weighted by molar-refractivity contribution is 9.10. The lowest BCUT2D eigenvalue weighted by Gasteiger charge is -2.22. The first-order valence-corrected chi connectivity index (χ1v) is 5.89. The van der Waals surface area contributed by atoms with Gasteiger partial charge in [-0.2, -0.15) is 8.78 Å². The van der Waals surface area contributed by atoms with Gasteiger partial charge in [-0.15, -0.1) is 0 Å². The largest absolute Gasteiger partial charge is 0.506 e. The predicted molar refractivity (Wildman–Crippen MR) is 64.3 cm³/mol. The van der Waals surface area contributed by atoms with Gasteiger partial charge in [0.2, 0.25) is 0 Å². The number of phenolic OH excluding ortho intramolecular Hbond substituents is 1. The van der Waals surface area contributed by atoms with Gasteiger partial charge in [0.25, 0.3) is 0 Å². The average Bonchev–Trinajstić information content (AvgIpc) is 2.32. The number of esters is 1. The Balaban J connectivity index is 3.09. The number of nitrogens with two attached hydrogens (primary N) is 1. The number of hydrogen-bond acceptors (Lipinski definition) is 4. The number of alkyl halides is 2. The first kappa shape index (κ1) is 14.8. The molecule has 0 aliphatic carbocycles. The summed E-state index contributed by atoms with van der Waals surface area (Å²) in [7, 11) is 0. The van der Waals surface area contributed by atoms with E-state index in [-0.39, 0.29) is 16.6 Å². The second-order valence-electron chi connectivity index (χ2n) is 3.50. The first-order valence-electron chi connectivity index (χ1n) is 5.10. The molecule has 0 aliphatic rings. The molecule has 1 aromatic rings. The molecule has 0 fully saturated rings. The van der Waals surface area contributed by atoms with E-state index in [1.807, 2.05) is 0 Å². The van der Waals surface area contributed by atoms with Crippen molar-refractivity contribution in [3.05, 3.63) is 28.2 Å². The summed E-state index contributed by atoms with van der Waals surface area (Å²) in [4.78, 5) is 11.1. The van der Waals surface area contributed by atoms with E-state index in [2.05, 4.69) is 20.7 Å². The lowest BCUT2D eigenvalue weighted by molar-refractivity contribution is -0.174. The van der Waals surface area contributed by atoms with Gasteiger partial charge in [-0.1, -0.05) is 12.1 Å². The van der Waals surface area contributed by atoms with Crippen molar-refractivity contribution in [1.29, 1.82) is 0 Å². The molecule has 0 spiro atoms. The van der Waals surface area contributed by atoms with E-state index < -0.39 is 23.7 Å². The summed E-state index contributed by atoms with van der Waals surface area (Å²) in [6.07, 6.45) is 0. The zero-order valence-corrected chi connectivity index (χ0v) is 11.1. The van der Waals surface area contributed by atoms with Crippen molar-refractivity contribution in [3.8, 4) is 5.75 Å². The Bertz CT molecular complexity index is 454. The number of aromatic hydroxyl groups is 1. The predicted octanol–water partition coefficient (Wildman–Crippen LogP) is 2.35. The fourth-order valence-electron chi connectivity index (χ4n) is 1.33. The van der Waals surface area contributed by atoms with Gasteiger partial charge in [-0.3, -0.25) is 0 Å². The van der Waals surface area contributed by atoms with Gasteiger partial charge in [-0.25, -0.2) is 4.79 Å². The normalized spacial score (nSPS) is 13.2. The average molecular weight is 324 g/mol. The second-order valence-corrected chi connectivity index (χ2v) is 4.35. The Kier molecular flexibility index (Phi) is 4.64. The van der Waals surface area contributed by atoms with E-state index >= 15 is 0 Å². The number of rotatable bonds is 4. The number of carbonyl (C=O) groups is 1. The van der Waals surface area contributed by atoms with Crippen LogP contribution in [0.25, 0.3) is 0 Å². The molecule has 1 rings (SSSR count). The van der Waals surface area contributed by atoms with Crippen molar-refractivity contribution >= 4 is 21.9 Å². The van der Waals surface area contributed by atoms with Crippen LogP contribution in [0, 0.1) is 0 Å². The molecule has 7 heteroatoms. The Morgan fingerprint density at radius 1 is 1.61 bits per heavy atom. The molecule has 1 atom stereocenters. The maximum atomic E-state index is 13.7. The lowest BCUT2D eigenvalue weighted by Crippen LogP contribution is -2.41. The Morgan fingerprint density at radius 3 is 2.78 bits per heavy atom. The molecule has 0 heterocycles. The zero-order valence-electron chi connectivity index (χ0n) is 9.49. The molecule has 0 aliphatic heterocycles. The summed E-state index contributed by atoms with van der Waals surface area (Å²) >= 11 is 2.98. The van der Waals surface area contributed by atoms with Crippen LogP contribution in [0.5, 0.6) is 5.75 Å². The zero-order chi connectivity index (χ0) is 13.9. The van der Waals surface area contributed by atoms with E-state index in [9.17, 15) is 18.7 Å². The maximum absolute atomic E-state index is 13.7. The molecule has 0 radical (unpaired) electrons. The van der Waals surface area contributed by atoms with Crippen molar-refractivity contribution < 1.29 is 23.4 Å². The van der Waals surface area contributed by atoms with E-state index in [4.69, 9.17) is 5.73 Å². The van der Waals surface area contributed by atoms with Crippen LogP contribution in [0.1, 0.15) is 18.5 Å². The third-order valence-corrected chi connectivity index (χ3v) is 2.93. The third-order valence-electron chi connectivity index (χ3n) is 2.29.